The van der Waals surface area contributed by atoms with Crippen LogP contribution in [0.4, 0.5) is 0 Å². The maximum absolute atomic E-state index is 3.92. The molecule has 2 aliphatic carbocycles. The van der Waals surface area contributed by atoms with Crippen molar-refractivity contribution < 1.29 is 0 Å². The minimum Gasteiger partial charge on any atom is -0.311 e. The van der Waals surface area contributed by atoms with Crippen molar-refractivity contribution in [3.05, 3.63) is 0 Å². The summed E-state index contributed by atoms with van der Waals surface area (Å²) >= 11 is 0. The first-order chi connectivity index (χ1) is 7.24. The lowest BCUT2D eigenvalue weighted by molar-refractivity contribution is 0.232. The van der Waals surface area contributed by atoms with E-state index in [1.165, 1.54) is 51.4 Å². The summed E-state index contributed by atoms with van der Waals surface area (Å²) in [7, 11) is 0. The summed E-state index contributed by atoms with van der Waals surface area (Å²) in [6.45, 7) is 4.83. The van der Waals surface area contributed by atoms with E-state index in [0.717, 1.165) is 23.9 Å². The van der Waals surface area contributed by atoms with Crippen molar-refractivity contribution in [2.24, 2.45) is 11.8 Å². The molecule has 0 aromatic heterocycles. The summed E-state index contributed by atoms with van der Waals surface area (Å²) in [4.78, 5) is 0. The number of hydrogen-bond donors (Lipinski definition) is 1. The number of rotatable bonds is 2. The van der Waals surface area contributed by atoms with E-state index < -0.39 is 0 Å². The molecule has 0 aliphatic heterocycles. The van der Waals surface area contributed by atoms with E-state index in [0.29, 0.717) is 0 Å². The number of nitrogens with one attached hydrogen (secondary N) is 1. The molecule has 0 bridgehead atoms. The Morgan fingerprint density at radius 2 is 1.20 bits per heavy atom. The van der Waals surface area contributed by atoms with E-state index in [1.807, 2.05) is 0 Å². The SMILES string of the molecule is C[C@@H]1CCC[C@H](N[C@@H]2CCC[C@H](C)C2)C1. The molecule has 2 fully saturated rings. The van der Waals surface area contributed by atoms with Crippen LogP contribution in [0.1, 0.15) is 65.2 Å². The fraction of sp³-hybridized carbons (Fsp3) is 1.00. The van der Waals surface area contributed by atoms with Crippen LogP contribution in [0, 0.1) is 11.8 Å². The predicted molar refractivity (Wildman–Crippen MR) is 66.0 cm³/mol. The van der Waals surface area contributed by atoms with Gasteiger partial charge in [0.05, 0.1) is 0 Å². The van der Waals surface area contributed by atoms with Crippen LogP contribution in [-0.4, -0.2) is 12.1 Å². The molecule has 88 valence electrons. The molecule has 2 aliphatic rings. The van der Waals surface area contributed by atoms with Crippen LogP contribution >= 0.6 is 0 Å². The Balaban J connectivity index is 1.75. The lowest BCUT2D eigenvalue weighted by atomic mass is 9.83. The fourth-order valence-corrected chi connectivity index (χ4v) is 3.50. The monoisotopic (exact) mass is 209 g/mol. The van der Waals surface area contributed by atoms with Gasteiger partial charge in [-0.05, 0) is 37.5 Å². The van der Waals surface area contributed by atoms with Crippen molar-refractivity contribution in [3.63, 3.8) is 0 Å². The Labute approximate surface area is 95.0 Å². The summed E-state index contributed by atoms with van der Waals surface area (Å²) in [6, 6.07) is 1.67. The van der Waals surface area contributed by atoms with E-state index in [9.17, 15) is 0 Å². The topological polar surface area (TPSA) is 12.0 Å². The van der Waals surface area contributed by atoms with E-state index in [2.05, 4.69) is 19.2 Å². The number of hydrogen-bond acceptors (Lipinski definition) is 1. The Morgan fingerprint density at radius 1 is 0.733 bits per heavy atom. The molecule has 0 spiro atoms. The zero-order valence-electron chi connectivity index (χ0n) is 10.5. The molecule has 0 amide bonds. The van der Waals surface area contributed by atoms with Crippen LogP contribution in [0.15, 0.2) is 0 Å². The smallest absolute Gasteiger partial charge is 0.00721 e. The first-order valence-electron chi connectivity index (χ1n) is 7.00. The van der Waals surface area contributed by atoms with Crippen LogP contribution in [0.5, 0.6) is 0 Å². The standard InChI is InChI=1S/C14H27N/c1-11-5-3-7-13(9-11)15-14-8-4-6-12(2)10-14/h11-15H,3-10H2,1-2H3/t11-,12+,13+,14-. The maximum atomic E-state index is 3.92. The van der Waals surface area contributed by atoms with Gasteiger partial charge in [-0.15, -0.1) is 0 Å². The summed E-state index contributed by atoms with van der Waals surface area (Å²) in [6.07, 6.45) is 11.5. The molecule has 0 unspecified atom stereocenters. The molecular formula is C14H27N. The molecule has 2 rings (SSSR count). The van der Waals surface area contributed by atoms with E-state index in [4.69, 9.17) is 0 Å². The van der Waals surface area contributed by atoms with Gasteiger partial charge in [-0.3, -0.25) is 0 Å². The molecule has 0 aromatic carbocycles. The second-order valence-electron chi connectivity index (χ2n) is 6.10. The lowest BCUT2D eigenvalue weighted by Gasteiger charge is -2.34. The summed E-state index contributed by atoms with van der Waals surface area (Å²) < 4.78 is 0. The van der Waals surface area contributed by atoms with Crippen molar-refractivity contribution in [1.82, 2.24) is 5.32 Å². The molecule has 1 N–H and O–H groups in total. The highest BCUT2D eigenvalue weighted by atomic mass is 15.0. The highest BCUT2D eigenvalue weighted by molar-refractivity contribution is 4.82. The second kappa shape index (κ2) is 5.34. The molecule has 1 nitrogen and oxygen atoms in total. The van der Waals surface area contributed by atoms with Gasteiger partial charge < -0.3 is 5.32 Å². The molecular weight excluding hydrogens is 182 g/mol. The fourth-order valence-electron chi connectivity index (χ4n) is 3.50. The quantitative estimate of drug-likeness (QED) is 0.730. The van der Waals surface area contributed by atoms with Gasteiger partial charge in [-0.25, -0.2) is 0 Å². The molecule has 0 radical (unpaired) electrons. The second-order valence-corrected chi connectivity index (χ2v) is 6.10. The minimum atomic E-state index is 0.837. The van der Waals surface area contributed by atoms with Gasteiger partial charge in [0, 0.05) is 12.1 Å². The van der Waals surface area contributed by atoms with Crippen molar-refractivity contribution in [2.45, 2.75) is 77.3 Å². The van der Waals surface area contributed by atoms with Gasteiger partial charge in [0.15, 0.2) is 0 Å². The Morgan fingerprint density at radius 3 is 1.60 bits per heavy atom. The van der Waals surface area contributed by atoms with Crippen LogP contribution in [0.25, 0.3) is 0 Å². The van der Waals surface area contributed by atoms with Crippen LogP contribution in [0.2, 0.25) is 0 Å². The molecule has 4 atom stereocenters. The van der Waals surface area contributed by atoms with E-state index in [1.54, 1.807) is 0 Å². The predicted octanol–water partition coefficient (Wildman–Crippen LogP) is 3.73. The molecule has 1 heteroatoms. The first kappa shape index (κ1) is 11.4. The van der Waals surface area contributed by atoms with Gasteiger partial charge in [0.1, 0.15) is 0 Å². The van der Waals surface area contributed by atoms with Gasteiger partial charge in [0.2, 0.25) is 0 Å². The molecule has 15 heavy (non-hydrogen) atoms. The summed E-state index contributed by atoms with van der Waals surface area (Å²) in [5.74, 6) is 1.91. The van der Waals surface area contributed by atoms with Crippen LogP contribution < -0.4 is 5.32 Å². The van der Waals surface area contributed by atoms with Crippen molar-refractivity contribution >= 4 is 0 Å². The molecule has 0 aromatic rings. The van der Waals surface area contributed by atoms with Crippen molar-refractivity contribution in [3.8, 4) is 0 Å². The largest absolute Gasteiger partial charge is 0.311 e. The van der Waals surface area contributed by atoms with Crippen molar-refractivity contribution in [1.29, 1.82) is 0 Å². The van der Waals surface area contributed by atoms with E-state index >= 15 is 0 Å². The van der Waals surface area contributed by atoms with Crippen molar-refractivity contribution in [2.75, 3.05) is 0 Å². The Bertz CT molecular complexity index is 170. The third-order valence-electron chi connectivity index (χ3n) is 4.34. The van der Waals surface area contributed by atoms with Gasteiger partial charge in [-0.2, -0.15) is 0 Å². The summed E-state index contributed by atoms with van der Waals surface area (Å²) in [5.41, 5.74) is 0. The van der Waals surface area contributed by atoms with Crippen LogP contribution in [0.3, 0.4) is 0 Å². The molecule has 0 saturated heterocycles. The first-order valence-corrected chi connectivity index (χ1v) is 7.00. The third-order valence-corrected chi connectivity index (χ3v) is 4.34. The minimum absolute atomic E-state index is 0.837. The zero-order chi connectivity index (χ0) is 10.7. The maximum Gasteiger partial charge on any atom is 0.00721 e. The molecule has 0 heterocycles. The normalized spacial score (nSPS) is 42.8. The highest BCUT2D eigenvalue weighted by Gasteiger charge is 2.24. The van der Waals surface area contributed by atoms with E-state index in [-0.39, 0.29) is 0 Å². The van der Waals surface area contributed by atoms with Gasteiger partial charge >= 0.3 is 0 Å². The average Bonchev–Trinajstić information content (AvgIpc) is 2.17. The van der Waals surface area contributed by atoms with Gasteiger partial charge in [-0.1, -0.05) is 39.5 Å². The molecule has 2 saturated carbocycles. The van der Waals surface area contributed by atoms with Crippen LogP contribution in [-0.2, 0) is 0 Å². The third kappa shape index (κ3) is 3.48. The highest BCUT2D eigenvalue weighted by Crippen LogP contribution is 2.27. The van der Waals surface area contributed by atoms with Gasteiger partial charge in [0.25, 0.3) is 0 Å². The summed E-state index contributed by atoms with van der Waals surface area (Å²) in [5, 5.41) is 3.92. The Kier molecular flexibility index (Phi) is 4.07. The zero-order valence-corrected chi connectivity index (χ0v) is 10.5. The average molecular weight is 209 g/mol. The Hall–Kier alpha value is -0.0400. The lowest BCUT2D eigenvalue weighted by Crippen LogP contribution is -2.42.